The van der Waals surface area contributed by atoms with Crippen molar-refractivity contribution in [3.63, 3.8) is 0 Å². The van der Waals surface area contributed by atoms with Crippen molar-refractivity contribution in [1.29, 1.82) is 0 Å². The molecule has 0 aliphatic heterocycles. The Balaban J connectivity index is 2.80. The van der Waals surface area contributed by atoms with Gasteiger partial charge in [-0.1, -0.05) is 17.7 Å². The van der Waals surface area contributed by atoms with Crippen molar-refractivity contribution in [2.45, 2.75) is 37.3 Å². The summed E-state index contributed by atoms with van der Waals surface area (Å²) < 4.78 is -0.714. The third-order valence-corrected chi connectivity index (χ3v) is 4.01. The number of aliphatic carboxylic acids is 1. The average Bonchev–Trinajstić information content (AvgIpc) is 2.30. The van der Waals surface area contributed by atoms with Crippen molar-refractivity contribution in [1.82, 2.24) is 5.32 Å². The zero-order valence-electron chi connectivity index (χ0n) is 11.6. The number of carbonyl (C=O) groups excluding carboxylic acids is 1. The summed E-state index contributed by atoms with van der Waals surface area (Å²) in [6, 6.07) is 6.08. The van der Waals surface area contributed by atoms with Crippen LogP contribution in [0, 0.1) is 13.8 Å². The lowest BCUT2D eigenvalue weighted by atomic mass is 10.2. The van der Waals surface area contributed by atoms with Gasteiger partial charge in [0.2, 0.25) is 5.91 Å². The lowest BCUT2D eigenvalue weighted by Gasteiger charge is -2.23. The van der Waals surface area contributed by atoms with E-state index in [0.29, 0.717) is 0 Å². The molecule has 0 aromatic heterocycles. The molecule has 0 saturated heterocycles. The highest BCUT2D eigenvalue weighted by atomic mass is 32.2. The summed E-state index contributed by atoms with van der Waals surface area (Å²) in [4.78, 5) is 23.5. The van der Waals surface area contributed by atoms with Crippen LogP contribution in [0.25, 0.3) is 0 Å². The van der Waals surface area contributed by atoms with Gasteiger partial charge in [-0.2, -0.15) is 0 Å². The van der Waals surface area contributed by atoms with Crippen LogP contribution in [0.3, 0.4) is 0 Å². The summed E-state index contributed by atoms with van der Waals surface area (Å²) in [5.41, 5.74) is 2.24. The molecule has 0 aliphatic carbocycles. The minimum atomic E-state index is -1.04. The van der Waals surface area contributed by atoms with Crippen molar-refractivity contribution in [3.05, 3.63) is 29.3 Å². The number of hydrogen-bond acceptors (Lipinski definition) is 3. The molecule has 1 amide bonds. The number of thioether (sulfide) groups is 1. The van der Waals surface area contributed by atoms with Crippen LogP contribution >= 0.6 is 11.8 Å². The fourth-order valence-corrected chi connectivity index (χ4v) is 2.70. The number of aryl methyl sites for hydroxylation is 2. The van der Waals surface area contributed by atoms with E-state index in [0.717, 1.165) is 16.0 Å². The molecule has 0 radical (unpaired) electrons. The highest BCUT2D eigenvalue weighted by Gasteiger charge is 2.29. The summed E-state index contributed by atoms with van der Waals surface area (Å²) in [6.45, 7) is 7.22. The summed E-state index contributed by atoms with van der Waals surface area (Å²) >= 11 is 1.44. The highest BCUT2D eigenvalue weighted by Crippen LogP contribution is 2.35. The molecule has 1 aromatic rings. The highest BCUT2D eigenvalue weighted by molar-refractivity contribution is 8.01. The summed E-state index contributed by atoms with van der Waals surface area (Å²) in [7, 11) is 0. The maximum atomic E-state index is 12.0. The van der Waals surface area contributed by atoms with Crippen LogP contribution < -0.4 is 5.32 Å². The molecule has 0 aliphatic rings. The number of nitrogens with one attached hydrogen (secondary N) is 1. The first-order valence-corrected chi connectivity index (χ1v) is 6.80. The smallest absolute Gasteiger partial charge is 0.322 e. The molecular formula is C14H19NO3S. The molecule has 19 heavy (non-hydrogen) atoms. The van der Waals surface area contributed by atoms with E-state index in [2.05, 4.69) is 5.32 Å². The van der Waals surface area contributed by atoms with Gasteiger partial charge in [-0.05, 0) is 39.3 Å². The van der Waals surface area contributed by atoms with E-state index >= 15 is 0 Å². The van der Waals surface area contributed by atoms with E-state index < -0.39 is 10.7 Å². The summed E-state index contributed by atoms with van der Waals surface area (Å²) in [5.74, 6) is -1.32. The van der Waals surface area contributed by atoms with Gasteiger partial charge in [0.25, 0.3) is 0 Å². The van der Waals surface area contributed by atoms with E-state index in [-0.39, 0.29) is 12.5 Å². The number of carboxylic acid groups (broad SMARTS) is 1. The Morgan fingerprint density at radius 3 is 2.53 bits per heavy atom. The standard InChI is InChI=1S/C14H19NO3S/c1-9-5-6-10(2)11(7-9)19-14(3,4)13(18)15-8-12(16)17/h5-7H,8H2,1-4H3,(H,15,18)(H,16,17). The summed E-state index contributed by atoms with van der Waals surface area (Å²) in [6.07, 6.45) is 0. The SMILES string of the molecule is Cc1ccc(C)c(SC(C)(C)C(=O)NCC(=O)O)c1. The second-order valence-electron chi connectivity index (χ2n) is 4.96. The van der Waals surface area contributed by atoms with Gasteiger partial charge in [-0.3, -0.25) is 9.59 Å². The lowest BCUT2D eigenvalue weighted by Crippen LogP contribution is -2.41. The van der Waals surface area contributed by atoms with Crippen LogP contribution in [0.5, 0.6) is 0 Å². The van der Waals surface area contributed by atoms with E-state index in [1.165, 1.54) is 11.8 Å². The van der Waals surface area contributed by atoms with Crippen LogP contribution in [-0.4, -0.2) is 28.3 Å². The van der Waals surface area contributed by atoms with Gasteiger partial charge in [-0.15, -0.1) is 11.8 Å². The Morgan fingerprint density at radius 1 is 1.32 bits per heavy atom. The molecule has 0 spiro atoms. The van der Waals surface area contributed by atoms with Crippen LogP contribution in [-0.2, 0) is 9.59 Å². The van der Waals surface area contributed by atoms with Gasteiger partial charge in [0.1, 0.15) is 6.54 Å². The topological polar surface area (TPSA) is 66.4 Å². The Hall–Kier alpha value is -1.49. The van der Waals surface area contributed by atoms with Gasteiger partial charge in [0, 0.05) is 4.90 Å². The number of carbonyl (C=O) groups is 2. The van der Waals surface area contributed by atoms with Crippen molar-refractivity contribution in [3.8, 4) is 0 Å². The molecule has 0 atom stereocenters. The van der Waals surface area contributed by atoms with Crippen molar-refractivity contribution >= 4 is 23.6 Å². The number of carboxylic acids is 1. The Morgan fingerprint density at radius 2 is 1.95 bits per heavy atom. The zero-order valence-corrected chi connectivity index (χ0v) is 12.4. The molecule has 0 unspecified atom stereocenters. The van der Waals surface area contributed by atoms with E-state index in [1.54, 1.807) is 13.8 Å². The van der Waals surface area contributed by atoms with Gasteiger partial charge in [0.15, 0.2) is 0 Å². The Bertz CT molecular complexity index is 497. The van der Waals surface area contributed by atoms with E-state index in [1.807, 2.05) is 32.0 Å². The van der Waals surface area contributed by atoms with E-state index in [4.69, 9.17) is 5.11 Å². The van der Waals surface area contributed by atoms with Crippen molar-refractivity contribution in [2.75, 3.05) is 6.54 Å². The Labute approximate surface area is 117 Å². The Kier molecular flexibility index (Phi) is 5.00. The maximum Gasteiger partial charge on any atom is 0.322 e. The van der Waals surface area contributed by atoms with Gasteiger partial charge >= 0.3 is 5.97 Å². The molecule has 1 rings (SSSR count). The van der Waals surface area contributed by atoms with Crippen LogP contribution in [0.2, 0.25) is 0 Å². The first-order valence-electron chi connectivity index (χ1n) is 5.99. The first kappa shape index (κ1) is 15.6. The summed E-state index contributed by atoms with van der Waals surface area (Å²) in [5, 5.41) is 11.0. The fourth-order valence-electron chi connectivity index (χ4n) is 1.51. The van der Waals surface area contributed by atoms with Crippen LogP contribution in [0.1, 0.15) is 25.0 Å². The third-order valence-electron chi connectivity index (χ3n) is 2.66. The molecule has 0 heterocycles. The monoisotopic (exact) mass is 281 g/mol. The largest absolute Gasteiger partial charge is 0.480 e. The predicted molar refractivity (Wildman–Crippen MR) is 76.5 cm³/mol. The number of rotatable bonds is 5. The predicted octanol–water partition coefficient (Wildman–Crippen LogP) is 2.37. The third kappa shape index (κ3) is 4.59. The molecule has 0 bridgehead atoms. The molecule has 2 N–H and O–H groups in total. The van der Waals surface area contributed by atoms with Crippen molar-refractivity contribution in [2.24, 2.45) is 0 Å². The molecule has 4 nitrogen and oxygen atoms in total. The average molecular weight is 281 g/mol. The fraction of sp³-hybridized carbons (Fsp3) is 0.429. The quantitative estimate of drug-likeness (QED) is 0.813. The second kappa shape index (κ2) is 6.10. The van der Waals surface area contributed by atoms with Crippen LogP contribution in [0.4, 0.5) is 0 Å². The molecule has 1 aromatic carbocycles. The molecule has 0 fully saturated rings. The number of benzene rings is 1. The first-order chi connectivity index (χ1) is 8.72. The number of amides is 1. The number of hydrogen-bond donors (Lipinski definition) is 2. The van der Waals surface area contributed by atoms with Gasteiger partial charge in [0.05, 0.1) is 4.75 Å². The van der Waals surface area contributed by atoms with Crippen molar-refractivity contribution < 1.29 is 14.7 Å². The normalized spacial score (nSPS) is 11.2. The molecule has 104 valence electrons. The lowest BCUT2D eigenvalue weighted by molar-refractivity contribution is -0.138. The molecule has 5 heteroatoms. The minimum Gasteiger partial charge on any atom is -0.480 e. The van der Waals surface area contributed by atoms with E-state index in [9.17, 15) is 9.59 Å². The molecular weight excluding hydrogens is 262 g/mol. The zero-order chi connectivity index (χ0) is 14.6. The maximum absolute atomic E-state index is 12.0. The van der Waals surface area contributed by atoms with Gasteiger partial charge < -0.3 is 10.4 Å². The second-order valence-corrected chi connectivity index (χ2v) is 6.62. The van der Waals surface area contributed by atoms with Crippen LogP contribution in [0.15, 0.2) is 23.1 Å². The minimum absolute atomic E-state index is 0.277. The van der Waals surface area contributed by atoms with Gasteiger partial charge in [-0.25, -0.2) is 0 Å². The molecule has 0 saturated carbocycles.